The number of nitro groups is 2. The second-order valence-electron chi connectivity index (χ2n) is 6.70. The summed E-state index contributed by atoms with van der Waals surface area (Å²) in [6.45, 7) is 0. The highest BCUT2D eigenvalue weighted by atomic mass is 19.4. The van der Waals surface area contributed by atoms with Gasteiger partial charge in [-0.05, 0) is 17.7 Å². The SMILES string of the molecule is N#Cc1c(N)[nH]c(=O)c(C#N)c1-c1ccc(Oc2c([N+](=O)[O-])cc(C(F)(F)F)cc2[N+](=O)[O-])cc1. The summed E-state index contributed by atoms with van der Waals surface area (Å²) in [6, 6.07) is 8.27. The Bertz CT molecular complexity index is 1480. The van der Waals surface area contributed by atoms with Crippen LogP contribution in [0.2, 0.25) is 0 Å². The molecule has 0 saturated carbocycles. The minimum absolute atomic E-state index is 0.105. The Balaban J connectivity index is 2.14. The fourth-order valence-corrected chi connectivity index (χ4v) is 3.08. The van der Waals surface area contributed by atoms with Gasteiger partial charge in [0.25, 0.3) is 11.3 Å². The molecule has 0 saturated heterocycles. The highest BCUT2D eigenvalue weighted by Gasteiger charge is 2.38. The van der Waals surface area contributed by atoms with E-state index in [1.54, 1.807) is 12.1 Å². The van der Waals surface area contributed by atoms with Crippen molar-refractivity contribution in [1.82, 2.24) is 4.98 Å². The Hall–Kier alpha value is -5.44. The Kier molecular flexibility index (Phi) is 6.11. The van der Waals surface area contributed by atoms with Crippen molar-refractivity contribution in [2.24, 2.45) is 0 Å². The van der Waals surface area contributed by atoms with E-state index in [0.717, 1.165) is 12.1 Å². The molecule has 0 bridgehead atoms. The first-order valence-electron chi connectivity index (χ1n) is 9.07. The zero-order valence-corrected chi connectivity index (χ0v) is 16.9. The molecule has 15 heteroatoms. The van der Waals surface area contributed by atoms with Gasteiger partial charge < -0.3 is 15.5 Å². The third-order valence-corrected chi connectivity index (χ3v) is 4.60. The molecule has 0 amide bonds. The number of pyridine rings is 1. The summed E-state index contributed by atoms with van der Waals surface area (Å²) in [5, 5.41) is 41.4. The molecule has 176 valence electrons. The number of nitro benzene ring substituents is 2. The molecule has 0 fully saturated rings. The highest BCUT2D eigenvalue weighted by molar-refractivity contribution is 5.80. The molecule has 2 aromatic carbocycles. The lowest BCUT2D eigenvalue weighted by atomic mass is 9.96. The average Bonchev–Trinajstić information content (AvgIpc) is 2.78. The number of nitriles is 2. The van der Waals surface area contributed by atoms with Crippen molar-refractivity contribution in [3.8, 4) is 34.8 Å². The van der Waals surface area contributed by atoms with Gasteiger partial charge in [-0.2, -0.15) is 23.7 Å². The third kappa shape index (κ3) is 4.55. The fraction of sp³-hybridized carbons (Fsp3) is 0.0500. The maximum absolute atomic E-state index is 13.1. The maximum Gasteiger partial charge on any atom is 0.416 e. The Labute approximate surface area is 191 Å². The number of anilines is 1. The highest BCUT2D eigenvalue weighted by Crippen LogP contribution is 2.44. The monoisotopic (exact) mass is 486 g/mol. The molecule has 0 aliphatic heterocycles. The minimum Gasteiger partial charge on any atom is -0.444 e. The van der Waals surface area contributed by atoms with Crippen LogP contribution in [0.15, 0.2) is 41.2 Å². The van der Waals surface area contributed by atoms with E-state index in [1.807, 2.05) is 0 Å². The van der Waals surface area contributed by atoms with Crippen LogP contribution in [0.25, 0.3) is 11.1 Å². The zero-order valence-electron chi connectivity index (χ0n) is 16.9. The summed E-state index contributed by atoms with van der Waals surface area (Å²) >= 11 is 0. The first-order valence-corrected chi connectivity index (χ1v) is 9.07. The van der Waals surface area contributed by atoms with Crippen molar-refractivity contribution in [3.05, 3.63) is 83.7 Å². The molecule has 3 aromatic rings. The van der Waals surface area contributed by atoms with Gasteiger partial charge in [0.2, 0.25) is 0 Å². The average molecular weight is 486 g/mol. The van der Waals surface area contributed by atoms with Crippen molar-refractivity contribution in [3.63, 3.8) is 0 Å². The maximum atomic E-state index is 13.1. The van der Waals surface area contributed by atoms with Gasteiger partial charge in [-0.15, -0.1) is 0 Å². The summed E-state index contributed by atoms with van der Waals surface area (Å²) in [5.41, 5.74) is -0.0716. The van der Waals surface area contributed by atoms with E-state index >= 15 is 0 Å². The van der Waals surface area contributed by atoms with Gasteiger partial charge in [0.15, 0.2) is 0 Å². The number of alkyl halides is 3. The van der Waals surface area contributed by atoms with Gasteiger partial charge in [0.1, 0.15) is 34.8 Å². The second kappa shape index (κ2) is 8.83. The molecule has 0 aliphatic rings. The summed E-state index contributed by atoms with van der Waals surface area (Å²) < 4.78 is 44.4. The molecule has 3 rings (SSSR count). The van der Waals surface area contributed by atoms with Crippen LogP contribution in [0.5, 0.6) is 11.5 Å². The molecule has 3 N–H and O–H groups in total. The number of rotatable bonds is 5. The molecule has 0 aliphatic carbocycles. The molecule has 1 heterocycles. The molecule has 1 aromatic heterocycles. The number of H-pyrrole nitrogens is 1. The van der Waals surface area contributed by atoms with E-state index in [1.165, 1.54) is 12.1 Å². The molecule has 0 radical (unpaired) electrons. The number of aromatic amines is 1. The number of nitrogens with one attached hydrogen (secondary N) is 1. The van der Waals surface area contributed by atoms with E-state index in [4.69, 9.17) is 10.5 Å². The molecular weight excluding hydrogens is 477 g/mol. The number of ether oxygens (including phenoxy) is 1. The Morgan fingerprint density at radius 2 is 1.49 bits per heavy atom. The van der Waals surface area contributed by atoms with Crippen LogP contribution in [0.4, 0.5) is 30.4 Å². The summed E-state index contributed by atoms with van der Waals surface area (Å²) in [7, 11) is 0. The van der Waals surface area contributed by atoms with Crippen LogP contribution in [0.3, 0.4) is 0 Å². The molecular formula is C20H9F3N6O6. The predicted octanol–water partition coefficient (Wildman–Crippen LogP) is 3.99. The Morgan fingerprint density at radius 1 is 0.971 bits per heavy atom. The van der Waals surface area contributed by atoms with Gasteiger partial charge in [0.05, 0.1) is 15.4 Å². The van der Waals surface area contributed by atoms with Crippen LogP contribution < -0.4 is 16.0 Å². The summed E-state index contributed by atoms with van der Waals surface area (Å²) in [4.78, 5) is 34.4. The lowest BCUT2D eigenvalue weighted by Gasteiger charge is -2.12. The van der Waals surface area contributed by atoms with Crippen LogP contribution in [0.1, 0.15) is 16.7 Å². The van der Waals surface area contributed by atoms with E-state index in [-0.39, 0.29) is 40.4 Å². The van der Waals surface area contributed by atoms with Gasteiger partial charge in [-0.25, -0.2) is 0 Å². The zero-order chi connectivity index (χ0) is 26.1. The fourth-order valence-electron chi connectivity index (χ4n) is 3.08. The lowest BCUT2D eigenvalue weighted by Crippen LogP contribution is -2.16. The predicted molar refractivity (Wildman–Crippen MR) is 111 cm³/mol. The first kappa shape index (κ1) is 24.2. The number of benzene rings is 2. The number of halogens is 3. The normalized spacial score (nSPS) is 10.8. The van der Waals surface area contributed by atoms with Crippen LogP contribution >= 0.6 is 0 Å². The molecule has 0 spiro atoms. The van der Waals surface area contributed by atoms with E-state index in [2.05, 4.69) is 4.98 Å². The number of hydrogen-bond donors (Lipinski definition) is 2. The van der Waals surface area contributed by atoms with Gasteiger partial charge in [-0.1, -0.05) is 12.1 Å². The molecule has 0 unspecified atom stereocenters. The van der Waals surface area contributed by atoms with Crippen LogP contribution in [0, 0.1) is 42.9 Å². The number of nitrogen functional groups attached to an aromatic ring is 1. The van der Waals surface area contributed by atoms with Crippen molar-refractivity contribution in [2.75, 3.05) is 5.73 Å². The van der Waals surface area contributed by atoms with Gasteiger partial charge in [-0.3, -0.25) is 25.0 Å². The molecule has 12 nitrogen and oxygen atoms in total. The quantitative estimate of drug-likeness (QED) is 0.395. The van der Waals surface area contributed by atoms with Crippen molar-refractivity contribution < 1.29 is 27.8 Å². The lowest BCUT2D eigenvalue weighted by molar-refractivity contribution is -0.396. The van der Waals surface area contributed by atoms with Crippen molar-refractivity contribution in [2.45, 2.75) is 6.18 Å². The summed E-state index contributed by atoms with van der Waals surface area (Å²) in [6.07, 6.45) is -5.10. The molecule has 35 heavy (non-hydrogen) atoms. The summed E-state index contributed by atoms with van der Waals surface area (Å²) in [5.74, 6) is -1.62. The van der Waals surface area contributed by atoms with Gasteiger partial charge in [0, 0.05) is 17.7 Å². The van der Waals surface area contributed by atoms with E-state index in [0.29, 0.717) is 0 Å². The topological polar surface area (TPSA) is 202 Å². The van der Waals surface area contributed by atoms with Crippen LogP contribution in [-0.2, 0) is 6.18 Å². The largest absolute Gasteiger partial charge is 0.444 e. The smallest absolute Gasteiger partial charge is 0.416 e. The molecule has 0 atom stereocenters. The number of aromatic nitrogens is 1. The first-order chi connectivity index (χ1) is 16.4. The number of hydrogen-bond acceptors (Lipinski definition) is 9. The third-order valence-electron chi connectivity index (χ3n) is 4.60. The van der Waals surface area contributed by atoms with Gasteiger partial charge >= 0.3 is 17.6 Å². The van der Waals surface area contributed by atoms with E-state index < -0.39 is 49.8 Å². The standard InChI is InChI=1S/C20H9F3N6O6/c21-20(22,23)10-5-14(28(31)32)17(15(6-10)29(33)34)35-11-3-1-9(2-4-11)16-12(7-24)18(26)27-19(30)13(16)8-25/h1-6H,(H3,26,27,30). The second-order valence-corrected chi connectivity index (χ2v) is 6.70. The van der Waals surface area contributed by atoms with Crippen molar-refractivity contribution in [1.29, 1.82) is 10.5 Å². The van der Waals surface area contributed by atoms with Crippen molar-refractivity contribution >= 4 is 17.2 Å². The van der Waals surface area contributed by atoms with Crippen LogP contribution in [-0.4, -0.2) is 14.8 Å². The number of nitrogens with two attached hydrogens (primary N) is 1. The number of nitrogens with zero attached hydrogens (tertiary/aromatic N) is 4. The van der Waals surface area contributed by atoms with E-state index in [9.17, 15) is 48.7 Å². The minimum atomic E-state index is -5.10. The Morgan fingerprint density at radius 3 is 1.91 bits per heavy atom.